The molecule has 1 aromatic carbocycles. The minimum absolute atomic E-state index is 0.332. The first-order valence-electron chi connectivity index (χ1n) is 4.91. The topological polar surface area (TPSA) is 74.6 Å². The van der Waals surface area contributed by atoms with E-state index in [9.17, 15) is 9.59 Å². The lowest BCUT2D eigenvalue weighted by atomic mass is 9.82. The van der Waals surface area contributed by atoms with Crippen LogP contribution in [0.3, 0.4) is 0 Å². The zero-order valence-electron chi connectivity index (χ0n) is 9.01. The summed E-state index contributed by atoms with van der Waals surface area (Å²) in [6.45, 7) is 1.21. The molecule has 2 aromatic rings. The summed E-state index contributed by atoms with van der Waals surface area (Å²) in [6, 6.07) is 7.18. The fraction of sp³-hybridized carbons (Fsp3) is 0.167. The molecule has 0 unspecified atom stereocenters. The fourth-order valence-electron chi connectivity index (χ4n) is 1.69. The largest absolute Gasteiger partial charge is 0.480 e. The molecule has 0 aliphatic carbocycles. The van der Waals surface area contributed by atoms with Crippen molar-refractivity contribution in [2.45, 2.75) is 12.3 Å². The number of carboxylic acid groups (broad SMARTS) is 2. The van der Waals surface area contributed by atoms with Crippen LogP contribution in [-0.2, 0) is 15.0 Å². The molecule has 0 aliphatic heterocycles. The van der Waals surface area contributed by atoms with Crippen LogP contribution in [0.1, 0.15) is 12.5 Å². The van der Waals surface area contributed by atoms with Gasteiger partial charge in [0.15, 0.2) is 5.41 Å². The predicted molar refractivity (Wildman–Crippen MR) is 64.4 cm³/mol. The highest BCUT2D eigenvalue weighted by atomic mass is 32.1. The summed E-state index contributed by atoms with van der Waals surface area (Å²) >= 11 is 1.35. The first-order valence-corrected chi connectivity index (χ1v) is 5.79. The van der Waals surface area contributed by atoms with E-state index in [1.807, 2.05) is 12.1 Å². The van der Waals surface area contributed by atoms with Gasteiger partial charge in [0, 0.05) is 4.70 Å². The average molecular weight is 250 g/mol. The molecule has 0 spiro atoms. The highest BCUT2D eigenvalue weighted by Gasteiger charge is 2.45. The summed E-state index contributed by atoms with van der Waals surface area (Å²) < 4.78 is 0.885. The highest BCUT2D eigenvalue weighted by molar-refractivity contribution is 7.17. The summed E-state index contributed by atoms with van der Waals surface area (Å²) in [6.07, 6.45) is 0. The van der Waals surface area contributed by atoms with Crippen LogP contribution < -0.4 is 0 Å². The van der Waals surface area contributed by atoms with E-state index < -0.39 is 17.4 Å². The number of benzene rings is 1. The molecule has 4 nitrogen and oxygen atoms in total. The Balaban J connectivity index is 2.74. The zero-order chi connectivity index (χ0) is 12.6. The Morgan fingerprint density at radius 2 is 1.76 bits per heavy atom. The normalized spacial score (nSPS) is 11.6. The zero-order valence-corrected chi connectivity index (χ0v) is 9.82. The Bertz CT molecular complexity index is 585. The van der Waals surface area contributed by atoms with Crippen molar-refractivity contribution in [1.29, 1.82) is 0 Å². The van der Waals surface area contributed by atoms with Gasteiger partial charge >= 0.3 is 11.9 Å². The van der Waals surface area contributed by atoms with Gasteiger partial charge in [0.1, 0.15) is 0 Å². The van der Waals surface area contributed by atoms with Crippen molar-refractivity contribution >= 4 is 33.4 Å². The van der Waals surface area contributed by atoms with Crippen molar-refractivity contribution in [2.75, 3.05) is 0 Å². The maximum atomic E-state index is 11.2. The Labute approximate surface area is 101 Å². The van der Waals surface area contributed by atoms with Crippen molar-refractivity contribution in [1.82, 2.24) is 0 Å². The Morgan fingerprint density at radius 3 is 2.35 bits per heavy atom. The quantitative estimate of drug-likeness (QED) is 0.820. The third-order valence-corrected chi connectivity index (χ3v) is 3.84. The lowest BCUT2D eigenvalue weighted by Crippen LogP contribution is -2.40. The molecule has 88 valence electrons. The van der Waals surface area contributed by atoms with Gasteiger partial charge in [-0.2, -0.15) is 0 Å². The van der Waals surface area contributed by atoms with Gasteiger partial charge in [-0.15, -0.1) is 11.3 Å². The molecular weight excluding hydrogens is 240 g/mol. The van der Waals surface area contributed by atoms with Crippen molar-refractivity contribution in [3.8, 4) is 0 Å². The van der Waals surface area contributed by atoms with Crippen molar-refractivity contribution in [2.24, 2.45) is 0 Å². The van der Waals surface area contributed by atoms with E-state index in [0.29, 0.717) is 10.9 Å². The van der Waals surface area contributed by atoms with Crippen LogP contribution in [0, 0.1) is 0 Å². The average Bonchev–Trinajstić information content (AvgIpc) is 2.71. The summed E-state index contributed by atoms with van der Waals surface area (Å²) in [5.41, 5.74) is -1.57. The molecule has 0 saturated heterocycles. The van der Waals surface area contributed by atoms with Crippen LogP contribution in [0.25, 0.3) is 10.1 Å². The summed E-state index contributed by atoms with van der Waals surface area (Å²) in [5, 5.41) is 20.6. The number of carboxylic acids is 2. The van der Waals surface area contributed by atoms with E-state index in [1.54, 1.807) is 17.5 Å². The molecule has 0 atom stereocenters. The Hall–Kier alpha value is -1.88. The predicted octanol–water partition coefficient (Wildman–Crippen LogP) is 2.33. The van der Waals surface area contributed by atoms with Crippen LogP contribution in [0.5, 0.6) is 0 Å². The van der Waals surface area contributed by atoms with Gasteiger partial charge in [-0.1, -0.05) is 18.2 Å². The number of hydrogen-bond acceptors (Lipinski definition) is 3. The molecule has 1 aromatic heterocycles. The lowest BCUT2D eigenvalue weighted by Gasteiger charge is -2.19. The van der Waals surface area contributed by atoms with E-state index in [1.165, 1.54) is 18.3 Å². The van der Waals surface area contributed by atoms with Gasteiger partial charge in [0.05, 0.1) is 0 Å². The number of aliphatic carboxylic acids is 2. The van der Waals surface area contributed by atoms with E-state index in [2.05, 4.69) is 0 Å². The van der Waals surface area contributed by atoms with E-state index in [4.69, 9.17) is 10.2 Å². The number of thiophene rings is 1. The van der Waals surface area contributed by atoms with E-state index in [0.717, 1.165) is 4.70 Å². The molecule has 0 bridgehead atoms. The Kier molecular flexibility index (Phi) is 2.63. The number of carbonyl (C=O) groups is 2. The molecule has 0 aliphatic rings. The smallest absolute Gasteiger partial charge is 0.325 e. The molecule has 1 heterocycles. The van der Waals surface area contributed by atoms with Crippen molar-refractivity contribution in [3.05, 3.63) is 35.2 Å². The van der Waals surface area contributed by atoms with Crippen LogP contribution in [0.15, 0.2) is 29.6 Å². The van der Waals surface area contributed by atoms with Crippen LogP contribution in [0.2, 0.25) is 0 Å². The van der Waals surface area contributed by atoms with Gasteiger partial charge < -0.3 is 10.2 Å². The van der Waals surface area contributed by atoms with Crippen LogP contribution in [-0.4, -0.2) is 22.2 Å². The molecule has 0 fully saturated rings. The number of rotatable bonds is 3. The SMILES string of the molecule is CC(C(=O)O)(C(=O)O)c1csc2ccccc12. The van der Waals surface area contributed by atoms with E-state index in [-0.39, 0.29) is 0 Å². The van der Waals surface area contributed by atoms with Crippen molar-refractivity contribution < 1.29 is 19.8 Å². The first kappa shape index (κ1) is 11.6. The molecule has 0 amide bonds. The minimum atomic E-state index is -1.90. The number of hydrogen-bond donors (Lipinski definition) is 2. The highest BCUT2D eigenvalue weighted by Crippen LogP contribution is 2.35. The molecule has 2 rings (SSSR count). The number of fused-ring (bicyclic) bond motifs is 1. The summed E-state index contributed by atoms with van der Waals surface area (Å²) in [7, 11) is 0. The molecule has 0 radical (unpaired) electrons. The van der Waals surface area contributed by atoms with E-state index >= 15 is 0 Å². The monoisotopic (exact) mass is 250 g/mol. The third-order valence-electron chi connectivity index (χ3n) is 2.88. The second-order valence-electron chi connectivity index (χ2n) is 3.88. The maximum absolute atomic E-state index is 11.2. The first-order chi connectivity index (χ1) is 7.98. The second kappa shape index (κ2) is 3.85. The minimum Gasteiger partial charge on any atom is -0.480 e. The fourth-order valence-corrected chi connectivity index (χ4v) is 2.76. The third kappa shape index (κ3) is 1.59. The molecule has 5 heteroatoms. The molecule has 2 N–H and O–H groups in total. The lowest BCUT2D eigenvalue weighted by molar-refractivity contribution is -0.156. The standard InChI is InChI=1S/C12H10O4S/c1-12(10(13)14,11(15)16)8-6-17-9-5-3-2-4-7(8)9/h2-6H,1H3,(H,13,14)(H,15,16). The van der Waals surface area contributed by atoms with Gasteiger partial charge in [-0.25, -0.2) is 0 Å². The second-order valence-corrected chi connectivity index (χ2v) is 4.79. The van der Waals surface area contributed by atoms with Crippen LogP contribution >= 0.6 is 11.3 Å². The molecular formula is C12H10O4S. The summed E-state index contributed by atoms with van der Waals surface area (Å²) in [4.78, 5) is 22.5. The summed E-state index contributed by atoms with van der Waals surface area (Å²) in [5.74, 6) is -2.71. The van der Waals surface area contributed by atoms with Gasteiger partial charge in [-0.3, -0.25) is 9.59 Å². The van der Waals surface area contributed by atoms with Crippen molar-refractivity contribution in [3.63, 3.8) is 0 Å². The van der Waals surface area contributed by atoms with Gasteiger partial charge in [0.25, 0.3) is 0 Å². The molecule has 17 heavy (non-hydrogen) atoms. The maximum Gasteiger partial charge on any atom is 0.325 e. The van der Waals surface area contributed by atoms with Crippen LogP contribution in [0.4, 0.5) is 0 Å². The van der Waals surface area contributed by atoms with Gasteiger partial charge in [0.2, 0.25) is 0 Å². The molecule has 0 saturated carbocycles. The Morgan fingerprint density at radius 1 is 1.18 bits per heavy atom. The van der Waals surface area contributed by atoms with Gasteiger partial charge in [-0.05, 0) is 29.3 Å².